The van der Waals surface area contributed by atoms with Gasteiger partial charge in [-0.25, -0.2) is 4.98 Å². The third kappa shape index (κ3) is 2.56. The summed E-state index contributed by atoms with van der Waals surface area (Å²) in [5.74, 6) is -0.104. The third-order valence-electron chi connectivity index (χ3n) is 2.58. The Morgan fingerprint density at radius 3 is 2.95 bits per heavy atom. The van der Waals surface area contributed by atoms with E-state index in [4.69, 9.17) is 0 Å². The maximum atomic E-state index is 12.1. The second-order valence-corrected chi connectivity index (χ2v) is 6.97. The average molecular weight is 353 g/mol. The highest BCUT2D eigenvalue weighted by Gasteiger charge is 2.12. The first kappa shape index (κ1) is 12.8. The molecule has 1 amide bonds. The van der Waals surface area contributed by atoms with Gasteiger partial charge in [0.05, 0.1) is 15.2 Å². The van der Waals surface area contributed by atoms with Gasteiger partial charge in [0.2, 0.25) is 0 Å². The summed E-state index contributed by atoms with van der Waals surface area (Å²) in [7, 11) is 0. The number of carbonyl (C=O) groups excluding carboxylic acids is 1. The molecular weight excluding hydrogens is 344 g/mol. The number of nitrogens with zero attached hydrogens (tertiary/aromatic N) is 1. The van der Waals surface area contributed by atoms with E-state index < -0.39 is 0 Å². The smallest absolute Gasteiger partial charge is 0.266 e. The fourth-order valence-corrected chi connectivity index (χ4v) is 4.02. The molecule has 0 unspecified atom stereocenters. The molecule has 2 heterocycles. The maximum Gasteiger partial charge on any atom is 0.266 e. The highest BCUT2D eigenvalue weighted by Crippen LogP contribution is 2.26. The van der Waals surface area contributed by atoms with Crippen molar-refractivity contribution in [3.63, 3.8) is 0 Å². The summed E-state index contributed by atoms with van der Waals surface area (Å²) in [5, 5.41) is 5.80. The van der Waals surface area contributed by atoms with Gasteiger partial charge in [-0.1, -0.05) is 0 Å². The molecule has 0 spiro atoms. The molecule has 1 N–H and O–H groups in total. The van der Waals surface area contributed by atoms with Crippen LogP contribution in [0.5, 0.6) is 0 Å². The molecule has 3 aromatic rings. The van der Waals surface area contributed by atoms with Crippen molar-refractivity contribution in [2.24, 2.45) is 0 Å². The Bertz CT molecular complexity index is 763. The number of thiophene rings is 1. The number of thiazole rings is 1. The highest BCUT2D eigenvalue weighted by atomic mass is 79.9. The maximum absolute atomic E-state index is 12.1. The molecule has 0 aliphatic heterocycles. The van der Waals surface area contributed by atoms with Gasteiger partial charge in [-0.2, -0.15) is 0 Å². The van der Waals surface area contributed by atoms with E-state index in [0.717, 1.165) is 25.4 Å². The van der Waals surface area contributed by atoms with Crippen molar-refractivity contribution in [3.8, 4) is 0 Å². The Kier molecular flexibility index (Phi) is 3.38. The molecule has 2 aromatic heterocycles. The van der Waals surface area contributed by atoms with Crippen molar-refractivity contribution in [3.05, 3.63) is 44.0 Å². The minimum atomic E-state index is -0.104. The van der Waals surface area contributed by atoms with Crippen LogP contribution in [0.15, 0.2) is 34.1 Å². The van der Waals surface area contributed by atoms with E-state index >= 15 is 0 Å². The van der Waals surface area contributed by atoms with Gasteiger partial charge in [0.1, 0.15) is 4.88 Å². The van der Waals surface area contributed by atoms with Gasteiger partial charge < -0.3 is 5.32 Å². The van der Waals surface area contributed by atoms with E-state index in [1.165, 1.54) is 11.3 Å². The van der Waals surface area contributed by atoms with Crippen LogP contribution in [0.2, 0.25) is 0 Å². The molecule has 96 valence electrons. The first-order valence-electron chi connectivity index (χ1n) is 5.55. The minimum absolute atomic E-state index is 0.104. The lowest BCUT2D eigenvalue weighted by molar-refractivity contribution is 0.103. The van der Waals surface area contributed by atoms with Gasteiger partial charge >= 0.3 is 0 Å². The summed E-state index contributed by atoms with van der Waals surface area (Å²) in [6.07, 6.45) is 0. The summed E-state index contributed by atoms with van der Waals surface area (Å²) >= 11 is 6.43. The molecule has 0 bridgehead atoms. The molecule has 0 radical (unpaired) electrons. The number of aromatic nitrogens is 1. The molecule has 3 rings (SSSR count). The van der Waals surface area contributed by atoms with E-state index in [9.17, 15) is 4.79 Å². The molecule has 0 fully saturated rings. The number of aryl methyl sites for hydroxylation is 1. The van der Waals surface area contributed by atoms with Crippen LogP contribution in [0.3, 0.4) is 0 Å². The van der Waals surface area contributed by atoms with Gasteiger partial charge in [-0.05, 0) is 52.5 Å². The number of anilines is 1. The number of fused-ring (bicyclic) bond motifs is 1. The Morgan fingerprint density at radius 2 is 2.21 bits per heavy atom. The zero-order chi connectivity index (χ0) is 13.4. The largest absolute Gasteiger partial charge is 0.321 e. The number of halogens is 1. The number of hydrogen-bond acceptors (Lipinski definition) is 4. The van der Waals surface area contributed by atoms with E-state index in [-0.39, 0.29) is 5.91 Å². The molecule has 1 aromatic carbocycles. The Balaban J connectivity index is 1.89. The molecule has 3 nitrogen and oxygen atoms in total. The first-order valence-corrected chi connectivity index (χ1v) is 8.04. The summed E-state index contributed by atoms with van der Waals surface area (Å²) in [5.41, 5.74) is 1.69. The number of amides is 1. The Hall–Kier alpha value is -1.24. The third-order valence-corrected chi connectivity index (χ3v) is 5.36. The van der Waals surface area contributed by atoms with Crippen LogP contribution < -0.4 is 5.32 Å². The van der Waals surface area contributed by atoms with Crippen molar-refractivity contribution >= 4 is 60.4 Å². The first-order chi connectivity index (χ1) is 9.13. The topological polar surface area (TPSA) is 42.0 Å². The van der Waals surface area contributed by atoms with E-state index in [2.05, 4.69) is 26.2 Å². The minimum Gasteiger partial charge on any atom is -0.321 e. The van der Waals surface area contributed by atoms with Gasteiger partial charge in [0, 0.05) is 10.2 Å². The van der Waals surface area contributed by atoms with E-state index in [1.807, 2.05) is 36.6 Å². The molecule has 6 heteroatoms. The number of hydrogen-bond donors (Lipinski definition) is 1. The number of nitrogens with one attached hydrogen (secondary N) is 1. The Labute approximate surface area is 126 Å². The lowest BCUT2D eigenvalue weighted by Crippen LogP contribution is -2.10. The van der Waals surface area contributed by atoms with Crippen LogP contribution in [-0.4, -0.2) is 10.9 Å². The van der Waals surface area contributed by atoms with Crippen LogP contribution >= 0.6 is 38.6 Å². The SMILES string of the molecule is Cc1nc2cc(NC(=O)c3sccc3Br)ccc2s1. The second-order valence-electron chi connectivity index (χ2n) is 3.97. The second kappa shape index (κ2) is 5.03. The van der Waals surface area contributed by atoms with Crippen molar-refractivity contribution < 1.29 is 4.79 Å². The molecular formula is C13H9BrN2OS2. The number of carbonyl (C=O) groups is 1. The van der Waals surface area contributed by atoms with Crippen molar-refractivity contribution in [2.45, 2.75) is 6.92 Å². The van der Waals surface area contributed by atoms with Crippen LogP contribution in [-0.2, 0) is 0 Å². The molecule has 19 heavy (non-hydrogen) atoms. The quantitative estimate of drug-likeness (QED) is 0.727. The van der Waals surface area contributed by atoms with E-state index in [1.54, 1.807) is 11.3 Å². The highest BCUT2D eigenvalue weighted by molar-refractivity contribution is 9.10. The fourth-order valence-electron chi connectivity index (χ4n) is 1.76. The normalized spacial score (nSPS) is 10.8. The average Bonchev–Trinajstić information content (AvgIpc) is 2.93. The van der Waals surface area contributed by atoms with Crippen LogP contribution in [0, 0.1) is 6.92 Å². The van der Waals surface area contributed by atoms with Gasteiger partial charge in [0.15, 0.2) is 0 Å². The van der Waals surface area contributed by atoms with Crippen molar-refractivity contribution in [1.29, 1.82) is 0 Å². The van der Waals surface area contributed by atoms with Crippen molar-refractivity contribution in [1.82, 2.24) is 4.98 Å². The summed E-state index contributed by atoms with van der Waals surface area (Å²) in [6.45, 7) is 1.98. The standard InChI is InChI=1S/C13H9BrN2OS2/c1-7-15-10-6-8(2-3-11(10)19-7)16-13(17)12-9(14)4-5-18-12/h2-6H,1H3,(H,16,17). The van der Waals surface area contributed by atoms with Crippen LogP contribution in [0.1, 0.15) is 14.7 Å². The van der Waals surface area contributed by atoms with Gasteiger partial charge in [-0.3, -0.25) is 4.79 Å². The zero-order valence-corrected chi connectivity index (χ0v) is 13.2. The van der Waals surface area contributed by atoms with E-state index in [0.29, 0.717) is 4.88 Å². The number of rotatable bonds is 2. The monoisotopic (exact) mass is 352 g/mol. The van der Waals surface area contributed by atoms with Crippen molar-refractivity contribution in [2.75, 3.05) is 5.32 Å². The van der Waals surface area contributed by atoms with Crippen LogP contribution in [0.4, 0.5) is 5.69 Å². The zero-order valence-electron chi connectivity index (χ0n) is 9.94. The van der Waals surface area contributed by atoms with Crippen LogP contribution in [0.25, 0.3) is 10.2 Å². The predicted molar refractivity (Wildman–Crippen MR) is 84.3 cm³/mol. The predicted octanol–water partition coefficient (Wildman–Crippen LogP) is 4.68. The lowest BCUT2D eigenvalue weighted by atomic mass is 10.3. The van der Waals surface area contributed by atoms with Gasteiger partial charge in [-0.15, -0.1) is 22.7 Å². The summed E-state index contributed by atoms with van der Waals surface area (Å²) in [4.78, 5) is 17.2. The molecule has 0 aliphatic carbocycles. The molecule has 0 atom stereocenters. The molecule has 0 aliphatic rings. The molecule has 0 saturated carbocycles. The van der Waals surface area contributed by atoms with Gasteiger partial charge in [0.25, 0.3) is 5.91 Å². The number of benzene rings is 1. The lowest BCUT2D eigenvalue weighted by Gasteiger charge is -2.03. The Morgan fingerprint density at radius 1 is 1.37 bits per heavy atom. The molecule has 0 saturated heterocycles. The summed E-state index contributed by atoms with van der Waals surface area (Å²) in [6, 6.07) is 7.66. The summed E-state index contributed by atoms with van der Waals surface area (Å²) < 4.78 is 1.95. The fraction of sp³-hybridized carbons (Fsp3) is 0.0769.